The molecule has 20 heavy (non-hydrogen) atoms. The Morgan fingerprint density at radius 1 is 1.40 bits per heavy atom. The number of carbonyl (C=O) groups is 1. The van der Waals surface area contributed by atoms with E-state index in [4.69, 9.17) is 4.74 Å². The standard InChI is InChI=1S/C14H22N4O2/c1-2-5-15-11-14(19)17-12-3-4-13(16-10-12)18-6-8-20-9-7-18/h3-4,10,15H,2,5-9,11H2,1H3,(H,17,19). The maximum Gasteiger partial charge on any atom is 0.238 e. The van der Waals surface area contributed by atoms with Crippen molar-refractivity contribution in [3.63, 3.8) is 0 Å². The van der Waals surface area contributed by atoms with E-state index >= 15 is 0 Å². The van der Waals surface area contributed by atoms with E-state index in [1.54, 1.807) is 6.20 Å². The van der Waals surface area contributed by atoms with Crippen molar-refractivity contribution in [2.75, 3.05) is 49.6 Å². The molecule has 6 nitrogen and oxygen atoms in total. The zero-order valence-corrected chi connectivity index (χ0v) is 11.9. The van der Waals surface area contributed by atoms with Crippen LogP contribution in [0.1, 0.15) is 13.3 Å². The van der Waals surface area contributed by atoms with Gasteiger partial charge >= 0.3 is 0 Å². The Morgan fingerprint density at radius 2 is 2.20 bits per heavy atom. The number of pyridine rings is 1. The minimum atomic E-state index is -0.0422. The summed E-state index contributed by atoms with van der Waals surface area (Å²) in [5.74, 6) is 0.884. The second-order valence-electron chi connectivity index (χ2n) is 4.73. The van der Waals surface area contributed by atoms with E-state index in [2.05, 4.69) is 27.4 Å². The largest absolute Gasteiger partial charge is 0.378 e. The second kappa shape index (κ2) is 7.81. The lowest BCUT2D eigenvalue weighted by Gasteiger charge is -2.27. The second-order valence-corrected chi connectivity index (χ2v) is 4.73. The van der Waals surface area contributed by atoms with Gasteiger partial charge in [0.1, 0.15) is 5.82 Å². The van der Waals surface area contributed by atoms with Gasteiger partial charge in [-0.1, -0.05) is 6.92 Å². The monoisotopic (exact) mass is 278 g/mol. The molecule has 0 atom stereocenters. The van der Waals surface area contributed by atoms with Crippen molar-refractivity contribution in [2.45, 2.75) is 13.3 Å². The predicted octanol–water partition coefficient (Wildman–Crippen LogP) is 0.856. The topological polar surface area (TPSA) is 66.5 Å². The van der Waals surface area contributed by atoms with E-state index in [1.165, 1.54) is 0 Å². The number of hydrogen-bond acceptors (Lipinski definition) is 5. The van der Waals surface area contributed by atoms with E-state index in [9.17, 15) is 4.79 Å². The van der Waals surface area contributed by atoms with Crippen LogP contribution in [0.2, 0.25) is 0 Å². The minimum Gasteiger partial charge on any atom is -0.378 e. The normalized spacial score (nSPS) is 15.2. The number of aromatic nitrogens is 1. The van der Waals surface area contributed by atoms with Crippen molar-refractivity contribution in [1.29, 1.82) is 0 Å². The zero-order chi connectivity index (χ0) is 14.2. The van der Waals surface area contributed by atoms with Crippen LogP contribution in [-0.4, -0.2) is 50.3 Å². The molecule has 1 amide bonds. The Morgan fingerprint density at radius 3 is 2.85 bits per heavy atom. The molecule has 1 aliphatic rings. The first-order chi connectivity index (χ1) is 9.79. The number of hydrogen-bond donors (Lipinski definition) is 2. The summed E-state index contributed by atoms with van der Waals surface area (Å²) >= 11 is 0. The fraction of sp³-hybridized carbons (Fsp3) is 0.571. The Hall–Kier alpha value is -1.66. The molecule has 1 aliphatic heterocycles. The highest BCUT2D eigenvalue weighted by Crippen LogP contribution is 2.15. The van der Waals surface area contributed by atoms with Gasteiger partial charge in [-0.05, 0) is 25.1 Å². The molecule has 0 aliphatic carbocycles. The van der Waals surface area contributed by atoms with Crippen LogP contribution in [0.5, 0.6) is 0 Å². The maximum atomic E-state index is 11.6. The van der Waals surface area contributed by atoms with Gasteiger partial charge in [-0.2, -0.15) is 0 Å². The van der Waals surface area contributed by atoms with Crippen LogP contribution in [-0.2, 0) is 9.53 Å². The first kappa shape index (κ1) is 14.7. The van der Waals surface area contributed by atoms with Crippen LogP contribution >= 0.6 is 0 Å². The highest BCUT2D eigenvalue weighted by molar-refractivity contribution is 5.92. The molecule has 0 saturated carbocycles. The number of morpholine rings is 1. The lowest BCUT2D eigenvalue weighted by Crippen LogP contribution is -2.36. The van der Waals surface area contributed by atoms with Crippen molar-refractivity contribution in [3.8, 4) is 0 Å². The number of ether oxygens (including phenoxy) is 1. The highest BCUT2D eigenvalue weighted by Gasteiger charge is 2.12. The van der Waals surface area contributed by atoms with Crippen LogP contribution < -0.4 is 15.5 Å². The summed E-state index contributed by atoms with van der Waals surface area (Å²) in [6.07, 6.45) is 2.71. The third-order valence-electron chi connectivity index (χ3n) is 3.08. The van der Waals surface area contributed by atoms with Gasteiger partial charge in [0.25, 0.3) is 0 Å². The molecule has 1 fully saturated rings. The lowest BCUT2D eigenvalue weighted by molar-refractivity contribution is -0.115. The molecule has 2 N–H and O–H groups in total. The molecule has 1 aromatic rings. The number of amides is 1. The van der Waals surface area contributed by atoms with E-state index in [0.29, 0.717) is 6.54 Å². The van der Waals surface area contributed by atoms with E-state index in [0.717, 1.165) is 50.8 Å². The summed E-state index contributed by atoms with van der Waals surface area (Å²) < 4.78 is 5.31. The molecule has 0 unspecified atom stereocenters. The fourth-order valence-electron chi connectivity index (χ4n) is 2.02. The first-order valence-electron chi connectivity index (χ1n) is 7.09. The molecular formula is C14H22N4O2. The maximum absolute atomic E-state index is 11.6. The fourth-order valence-corrected chi connectivity index (χ4v) is 2.02. The average Bonchev–Trinajstić information content (AvgIpc) is 2.49. The van der Waals surface area contributed by atoms with Crippen LogP contribution in [0.4, 0.5) is 11.5 Å². The minimum absolute atomic E-state index is 0.0422. The van der Waals surface area contributed by atoms with Gasteiger partial charge in [0, 0.05) is 13.1 Å². The van der Waals surface area contributed by atoms with Crippen LogP contribution in [0, 0.1) is 0 Å². The highest BCUT2D eigenvalue weighted by atomic mass is 16.5. The molecule has 0 aromatic carbocycles. The summed E-state index contributed by atoms with van der Waals surface area (Å²) in [6.45, 7) is 6.45. The number of anilines is 2. The summed E-state index contributed by atoms with van der Waals surface area (Å²) in [4.78, 5) is 18.2. The number of nitrogens with one attached hydrogen (secondary N) is 2. The van der Waals surface area contributed by atoms with Gasteiger partial charge < -0.3 is 20.3 Å². The first-order valence-corrected chi connectivity index (χ1v) is 7.09. The van der Waals surface area contributed by atoms with Gasteiger partial charge in [-0.3, -0.25) is 4.79 Å². The van der Waals surface area contributed by atoms with Crippen molar-refractivity contribution >= 4 is 17.4 Å². The van der Waals surface area contributed by atoms with Gasteiger partial charge in [-0.25, -0.2) is 4.98 Å². The molecule has 0 bridgehead atoms. The van der Waals surface area contributed by atoms with Gasteiger partial charge in [-0.15, -0.1) is 0 Å². The molecule has 110 valence electrons. The smallest absolute Gasteiger partial charge is 0.238 e. The molecule has 6 heteroatoms. The van der Waals surface area contributed by atoms with Crippen molar-refractivity contribution in [3.05, 3.63) is 18.3 Å². The lowest BCUT2D eigenvalue weighted by atomic mass is 10.3. The molecule has 0 radical (unpaired) electrons. The number of carbonyl (C=O) groups excluding carboxylic acids is 1. The van der Waals surface area contributed by atoms with Crippen molar-refractivity contribution in [2.24, 2.45) is 0 Å². The quantitative estimate of drug-likeness (QED) is 0.755. The summed E-state index contributed by atoms with van der Waals surface area (Å²) in [6, 6.07) is 3.82. The summed E-state index contributed by atoms with van der Waals surface area (Å²) in [5, 5.41) is 5.89. The Kier molecular flexibility index (Phi) is 5.76. The van der Waals surface area contributed by atoms with Crippen LogP contribution in [0.3, 0.4) is 0 Å². The van der Waals surface area contributed by atoms with Crippen molar-refractivity contribution in [1.82, 2.24) is 10.3 Å². The van der Waals surface area contributed by atoms with Gasteiger partial charge in [0.15, 0.2) is 0 Å². The number of rotatable bonds is 6. The average molecular weight is 278 g/mol. The SMILES string of the molecule is CCCNCC(=O)Nc1ccc(N2CCOCC2)nc1. The third kappa shape index (κ3) is 4.47. The molecule has 2 rings (SSSR count). The molecule has 2 heterocycles. The van der Waals surface area contributed by atoms with E-state index in [-0.39, 0.29) is 5.91 Å². The molecule has 0 spiro atoms. The molecular weight excluding hydrogens is 256 g/mol. The molecule has 1 aromatic heterocycles. The van der Waals surface area contributed by atoms with Gasteiger partial charge in [0.2, 0.25) is 5.91 Å². The zero-order valence-electron chi connectivity index (χ0n) is 11.9. The Balaban J connectivity index is 1.83. The van der Waals surface area contributed by atoms with E-state index in [1.807, 2.05) is 12.1 Å². The third-order valence-corrected chi connectivity index (χ3v) is 3.08. The van der Waals surface area contributed by atoms with Crippen molar-refractivity contribution < 1.29 is 9.53 Å². The van der Waals surface area contributed by atoms with Crippen LogP contribution in [0.15, 0.2) is 18.3 Å². The predicted molar refractivity (Wildman–Crippen MR) is 79.1 cm³/mol. The number of nitrogens with zero attached hydrogens (tertiary/aromatic N) is 2. The van der Waals surface area contributed by atoms with Gasteiger partial charge in [0.05, 0.1) is 31.6 Å². The Labute approximate surface area is 119 Å². The Bertz CT molecular complexity index is 416. The molecule has 1 saturated heterocycles. The van der Waals surface area contributed by atoms with Crippen LogP contribution in [0.25, 0.3) is 0 Å². The summed E-state index contributed by atoms with van der Waals surface area (Å²) in [5.41, 5.74) is 0.727. The summed E-state index contributed by atoms with van der Waals surface area (Å²) in [7, 11) is 0. The van der Waals surface area contributed by atoms with E-state index < -0.39 is 0 Å².